The number of nitro groups is 1. The quantitative estimate of drug-likeness (QED) is 0.287. The van der Waals surface area contributed by atoms with Crippen molar-refractivity contribution in [3.63, 3.8) is 0 Å². The van der Waals surface area contributed by atoms with Crippen LogP contribution in [0, 0.1) is 10.1 Å². The fraction of sp³-hybridized carbons (Fsp3) is 0.0625. The van der Waals surface area contributed by atoms with Crippen molar-refractivity contribution in [1.82, 2.24) is 10.4 Å². The molecule has 132 valence electrons. The average molecular weight is 407 g/mol. The van der Waals surface area contributed by atoms with E-state index in [0.29, 0.717) is 10.6 Å². The minimum absolute atomic E-state index is 0.103. The molecule has 0 unspecified atom stereocenters. The van der Waals surface area contributed by atoms with E-state index in [1.807, 2.05) is 24.3 Å². The molecule has 7 nitrogen and oxygen atoms in total. The zero-order valence-corrected chi connectivity index (χ0v) is 15.5. The van der Waals surface area contributed by atoms with E-state index in [9.17, 15) is 14.9 Å². The van der Waals surface area contributed by atoms with E-state index in [1.54, 1.807) is 0 Å². The first-order valence-electron chi connectivity index (χ1n) is 7.27. The number of hydrogen-bond acceptors (Lipinski definition) is 7. The van der Waals surface area contributed by atoms with Gasteiger partial charge in [0.15, 0.2) is 4.34 Å². The molecular formula is C16H11ClN4O3S2. The van der Waals surface area contributed by atoms with E-state index < -0.39 is 4.92 Å². The predicted octanol–water partition coefficient (Wildman–Crippen LogP) is 4.10. The Morgan fingerprint density at radius 1 is 1.38 bits per heavy atom. The van der Waals surface area contributed by atoms with Crippen LogP contribution in [0.25, 0.3) is 10.2 Å². The van der Waals surface area contributed by atoms with Crippen LogP contribution in [0.15, 0.2) is 51.9 Å². The summed E-state index contributed by atoms with van der Waals surface area (Å²) in [6.45, 7) is 0. The number of aromatic nitrogens is 1. The van der Waals surface area contributed by atoms with Crippen LogP contribution in [0.4, 0.5) is 5.69 Å². The lowest BCUT2D eigenvalue weighted by molar-refractivity contribution is -0.384. The third-order valence-corrected chi connectivity index (χ3v) is 5.71. The number of hydrazone groups is 1. The highest BCUT2D eigenvalue weighted by Crippen LogP contribution is 2.29. The molecule has 0 saturated heterocycles. The van der Waals surface area contributed by atoms with Gasteiger partial charge in [-0.25, -0.2) is 10.4 Å². The van der Waals surface area contributed by atoms with Gasteiger partial charge in [-0.3, -0.25) is 14.9 Å². The molecule has 0 aliphatic carbocycles. The van der Waals surface area contributed by atoms with Crippen LogP contribution >= 0.6 is 34.7 Å². The molecule has 0 aliphatic heterocycles. The second-order valence-electron chi connectivity index (χ2n) is 4.99. The summed E-state index contributed by atoms with van der Waals surface area (Å²) in [7, 11) is 0. The summed E-state index contributed by atoms with van der Waals surface area (Å²) in [6.07, 6.45) is 1.27. The number of thiazole rings is 1. The Balaban J connectivity index is 1.56. The summed E-state index contributed by atoms with van der Waals surface area (Å²) in [5.74, 6) is -0.160. The van der Waals surface area contributed by atoms with Gasteiger partial charge in [0.05, 0.1) is 27.1 Å². The number of amides is 1. The molecule has 26 heavy (non-hydrogen) atoms. The molecule has 0 radical (unpaired) electrons. The Hall–Kier alpha value is -2.49. The molecule has 1 aromatic heterocycles. The molecule has 0 bridgehead atoms. The van der Waals surface area contributed by atoms with E-state index in [4.69, 9.17) is 11.6 Å². The second kappa shape index (κ2) is 8.26. The molecule has 10 heteroatoms. The molecule has 0 fully saturated rings. The van der Waals surface area contributed by atoms with Crippen molar-refractivity contribution in [2.75, 3.05) is 5.75 Å². The van der Waals surface area contributed by atoms with Gasteiger partial charge in [0, 0.05) is 22.7 Å². The van der Waals surface area contributed by atoms with E-state index >= 15 is 0 Å². The number of halogens is 1. The summed E-state index contributed by atoms with van der Waals surface area (Å²) >= 11 is 8.79. The van der Waals surface area contributed by atoms with Crippen LogP contribution in [0.2, 0.25) is 5.02 Å². The van der Waals surface area contributed by atoms with Crippen molar-refractivity contribution in [2.45, 2.75) is 4.34 Å². The number of hydrogen-bond donors (Lipinski definition) is 1. The van der Waals surface area contributed by atoms with Gasteiger partial charge in [-0.2, -0.15) is 5.10 Å². The number of fused-ring (bicyclic) bond motifs is 1. The van der Waals surface area contributed by atoms with Gasteiger partial charge in [0.2, 0.25) is 0 Å². The summed E-state index contributed by atoms with van der Waals surface area (Å²) in [5, 5.41) is 14.9. The van der Waals surface area contributed by atoms with E-state index in [2.05, 4.69) is 15.5 Å². The number of nitrogens with zero attached hydrogens (tertiary/aromatic N) is 3. The fourth-order valence-electron chi connectivity index (χ4n) is 1.99. The molecule has 0 atom stereocenters. The third-order valence-electron chi connectivity index (χ3n) is 3.18. The summed E-state index contributed by atoms with van der Waals surface area (Å²) in [4.78, 5) is 26.5. The first-order chi connectivity index (χ1) is 12.5. The van der Waals surface area contributed by atoms with Crippen molar-refractivity contribution < 1.29 is 9.72 Å². The highest BCUT2D eigenvalue weighted by atomic mass is 35.5. The Bertz CT molecular complexity index is 973. The number of para-hydroxylation sites is 1. The molecule has 0 aliphatic rings. The number of benzene rings is 2. The van der Waals surface area contributed by atoms with Gasteiger partial charge in [-0.05, 0) is 18.2 Å². The minimum Gasteiger partial charge on any atom is -0.272 e. The number of thioether (sulfide) groups is 1. The molecule has 1 N–H and O–H groups in total. The number of carbonyl (C=O) groups is 1. The first kappa shape index (κ1) is 18.3. The number of nitro benzene ring substituents is 1. The maximum absolute atomic E-state index is 11.9. The van der Waals surface area contributed by atoms with E-state index in [-0.39, 0.29) is 17.3 Å². The van der Waals surface area contributed by atoms with Gasteiger partial charge in [-0.15, -0.1) is 11.3 Å². The van der Waals surface area contributed by atoms with E-state index in [0.717, 1.165) is 14.6 Å². The number of non-ortho nitro benzene ring substituents is 1. The molecular weight excluding hydrogens is 396 g/mol. The van der Waals surface area contributed by atoms with Gasteiger partial charge < -0.3 is 0 Å². The summed E-state index contributed by atoms with van der Waals surface area (Å²) in [5.41, 5.74) is 3.51. The molecule has 3 rings (SSSR count). The van der Waals surface area contributed by atoms with Crippen LogP contribution in [-0.2, 0) is 4.79 Å². The van der Waals surface area contributed by atoms with Crippen molar-refractivity contribution in [1.29, 1.82) is 0 Å². The van der Waals surface area contributed by atoms with Crippen molar-refractivity contribution in [3.05, 3.63) is 63.2 Å². The second-order valence-corrected chi connectivity index (χ2v) is 7.65. The fourth-order valence-corrected chi connectivity index (χ4v) is 4.02. The summed E-state index contributed by atoms with van der Waals surface area (Å²) < 4.78 is 1.86. The maximum atomic E-state index is 11.9. The minimum atomic E-state index is -0.527. The highest BCUT2D eigenvalue weighted by Gasteiger charge is 2.09. The topological polar surface area (TPSA) is 97.5 Å². The maximum Gasteiger partial charge on any atom is 0.270 e. The van der Waals surface area contributed by atoms with Crippen molar-refractivity contribution in [2.24, 2.45) is 5.10 Å². The molecule has 0 saturated carbocycles. The first-order valence-corrected chi connectivity index (χ1v) is 9.45. The monoisotopic (exact) mass is 406 g/mol. The summed E-state index contributed by atoms with van der Waals surface area (Å²) in [6, 6.07) is 11.7. The van der Waals surface area contributed by atoms with Crippen molar-refractivity contribution in [3.8, 4) is 0 Å². The Kier molecular flexibility index (Phi) is 5.82. The number of rotatable bonds is 6. The largest absolute Gasteiger partial charge is 0.272 e. The molecule has 1 heterocycles. The zero-order chi connectivity index (χ0) is 18.5. The molecule has 1 amide bonds. The standard InChI is InChI=1S/C16H11ClN4O3S2/c17-12-6-5-11(21(23)24)7-10(12)8-18-20-15(22)9-25-16-19-13-3-1-2-4-14(13)26-16/h1-8H,9H2,(H,20,22)/b18-8+. The van der Waals surface area contributed by atoms with Crippen molar-refractivity contribution >= 4 is 62.7 Å². The molecule has 2 aromatic carbocycles. The number of nitrogens with one attached hydrogen (secondary N) is 1. The van der Waals surface area contributed by atoms with Crippen LogP contribution in [0.5, 0.6) is 0 Å². The van der Waals surface area contributed by atoms with Crippen LogP contribution in [-0.4, -0.2) is 27.8 Å². The predicted molar refractivity (Wildman–Crippen MR) is 104 cm³/mol. The van der Waals surface area contributed by atoms with Gasteiger partial charge >= 0.3 is 0 Å². The van der Waals surface area contributed by atoms with Gasteiger partial charge in [0.25, 0.3) is 11.6 Å². The lowest BCUT2D eigenvalue weighted by Gasteiger charge is -1.99. The Morgan fingerprint density at radius 3 is 2.96 bits per heavy atom. The van der Waals surface area contributed by atoms with Crippen LogP contribution < -0.4 is 5.43 Å². The Morgan fingerprint density at radius 2 is 2.19 bits per heavy atom. The van der Waals surface area contributed by atoms with E-state index in [1.165, 1.54) is 47.5 Å². The Labute approximate surface area is 161 Å². The molecule has 3 aromatic rings. The lowest BCUT2D eigenvalue weighted by Crippen LogP contribution is -2.19. The SMILES string of the molecule is O=C(CSc1nc2ccccc2s1)N/N=C/c1cc([N+](=O)[O-])ccc1Cl. The highest BCUT2D eigenvalue weighted by molar-refractivity contribution is 8.01. The van der Waals surface area contributed by atoms with Crippen LogP contribution in [0.3, 0.4) is 0 Å². The molecule has 0 spiro atoms. The van der Waals surface area contributed by atoms with Gasteiger partial charge in [0.1, 0.15) is 0 Å². The van der Waals surface area contributed by atoms with Gasteiger partial charge in [-0.1, -0.05) is 35.5 Å². The van der Waals surface area contributed by atoms with Crippen LogP contribution in [0.1, 0.15) is 5.56 Å². The zero-order valence-electron chi connectivity index (χ0n) is 13.1. The smallest absolute Gasteiger partial charge is 0.270 e. The normalized spacial score (nSPS) is 11.1. The lowest BCUT2D eigenvalue weighted by atomic mass is 10.2. The third kappa shape index (κ3) is 4.57. The average Bonchev–Trinajstić information content (AvgIpc) is 3.04. The number of carbonyl (C=O) groups excluding carboxylic acids is 1.